The Hall–Kier alpha value is -2.27. The van der Waals surface area contributed by atoms with E-state index in [1.807, 2.05) is 24.3 Å². The molecular weight excluding hydrogens is 232 g/mol. The van der Waals surface area contributed by atoms with Crippen molar-refractivity contribution in [2.24, 2.45) is 5.73 Å². The molecule has 1 aromatic heterocycles. The molecule has 1 aromatic carbocycles. The molecule has 3 rings (SSSR count). The first kappa shape index (κ1) is 10.9. The lowest BCUT2D eigenvalue weighted by Crippen LogP contribution is -2.00. The van der Waals surface area contributed by atoms with Gasteiger partial charge in [-0.3, -0.25) is 0 Å². The fourth-order valence-corrected chi connectivity index (χ4v) is 1.69. The van der Waals surface area contributed by atoms with Gasteiger partial charge in [0.2, 0.25) is 12.7 Å². The van der Waals surface area contributed by atoms with Crippen LogP contribution in [0.5, 0.6) is 23.1 Å². The number of aromatic nitrogens is 1. The number of rotatable bonds is 3. The van der Waals surface area contributed by atoms with Crippen molar-refractivity contribution in [3.63, 3.8) is 0 Å². The molecule has 2 aromatic rings. The van der Waals surface area contributed by atoms with Crippen molar-refractivity contribution in [2.75, 3.05) is 6.79 Å². The van der Waals surface area contributed by atoms with Crippen molar-refractivity contribution >= 4 is 0 Å². The third kappa shape index (κ3) is 2.08. The van der Waals surface area contributed by atoms with Crippen molar-refractivity contribution in [3.8, 4) is 23.1 Å². The van der Waals surface area contributed by atoms with Crippen molar-refractivity contribution in [1.82, 2.24) is 4.98 Å². The molecule has 18 heavy (non-hydrogen) atoms. The predicted molar refractivity (Wildman–Crippen MR) is 64.8 cm³/mol. The average molecular weight is 244 g/mol. The normalized spacial score (nSPS) is 12.5. The minimum Gasteiger partial charge on any atom is -0.454 e. The maximum atomic E-state index is 5.64. The Balaban J connectivity index is 1.83. The Morgan fingerprint density at radius 2 is 2.06 bits per heavy atom. The molecule has 0 radical (unpaired) electrons. The molecule has 0 bridgehead atoms. The van der Waals surface area contributed by atoms with E-state index in [1.165, 1.54) is 0 Å². The molecule has 0 atom stereocenters. The summed E-state index contributed by atoms with van der Waals surface area (Å²) in [6, 6.07) is 10.9. The first-order valence-corrected chi connectivity index (χ1v) is 5.58. The lowest BCUT2D eigenvalue weighted by molar-refractivity contribution is 0.174. The van der Waals surface area contributed by atoms with Crippen molar-refractivity contribution in [2.45, 2.75) is 6.54 Å². The summed E-state index contributed by atoms with van der Waals surface area (Å²) in [5.41, 5.74) is 6.32. The van der Waals surface area contributed by atoms with E-state index in [1.54, 1.807) is 12.1 Å². The minimum atomic E-state index is 0.250. The van der Waals surface area contributed by atoms with Crippen LogP contribution in [0.1, 0.15) is 5.69 Å². The Labute approximate surface area is 104 Å². The highest BCUT2D eigenvalue weighted by atomic mass is 16.7. The number of pyridine rings is 1. The van der Waals surface area contributed by atoms with E-state index in [2.05, 4.69) is 4.98 Å². The topological polar surface area (TPSA) is 66.6 Å². The first-order valence-electron chi connectivity index (χ1n) is 5.58. The standard InChI is InChI=1S/C13H12N2O3/c14-7-9-2-1-3-13(15-9)18-10-4-5-11-12(6-10)17-8-16-11/h1-6H,7-8,14H2. The zero-order valence-corrected chi connectivity index (χ0v) is 9.63. The molecular formula is C13H12N2O3. The Morgan fingerprint density at radius 3 is 2.94 bits per heavy atom. The van der Waals surface area contributed by atoms with E-state index >= 15 is 0 Å². The summed E-state index contributed by atoms with van der Waals surface area (Å²) in [4.78, 5) is 4.26. The number of fused-ring (bicyclic) bond motifs is 1. The Kier molecular flexibility index (Phi) is 2.74. The van der Waals surface area contributed by atoms with E-state index in [0.29, 0.717) is 23.9 Å². The van der Waals surface area contributed by atoms with Gasteiger partial charge in [0, 0.05) is 18.7 Å². The van der Waals surface area contributed by atoms with Crippen LogP contribution in [0.4, 0.5) is 0 Å². The predicted octanol–water partition coefficient (Wildman–Crippen LogP) is 2.06. The number of nitrogens with zero attached hydrogens (tertiary/aromatic N) is 1. The number of hydrogen-bond acceptors (Lipinski definition) is 5. The van der Waals surface area contributed by atoms with Crippen LogP contribution in [-0.2, 0) is 6.54 Å². The summed E-state index contributed by atoms with van der Waals surface area (Å²) in [6.45, 7) is 0.637. The summed E-state index contributed by atoms with van der Waals surface area (Å²) in [5.74, 6) is 2.58. The first-order chi connectivity index (χ1) is 8.85. The smallest absolute Gasteiger partial charge is 0.231 e. The summed E-state index contributed by atoms with van der Waals surface area (Å²) in [7, 11) is 0. The molecule has 5 nitrogen and oxygen atoms in total. The molecule has 92 valence electrons. The van der Waals surface area contributed by atoms with Gasteiger partial charge in [-0.25, -0.2) is 4.98 Å². The average Bonchev–Trinajstić information content (AvgIpc) is 2.86. The largest absolute Gasteiger partial charge is 0.454 e. The Bertz CT molecular complexity index is 572. The van der Waals surface area contributed by atoms with Gasteiger partial charge in [0.05, 0.1) is 5.69 Å². The van der Waals surface area contributed by atoms with Crippen LogP contribution in [0.2, 0.25) is 0 Å². The molecule has 1 aliphatic rings. The van der Waals surface area contributed by atoms with Crippen LogP contribution >= 0.6 is 0 Å². The van der Waals surface area contributed by atoms with E-state index in [4.69, 9.17) is 19.9 Å². The van der Waals surface area contributed by atoms with E-state index in [0.717, 1.165) is 11.4 Å². The van der Waals surface area contributed by atoms with Crippen LogP contribution in [0, 0.1) is 0 Å². The number of nitrogens with two attached hydrogens (primary N) is 1. The second-order valence-electron chi connectivity index (χ2n) is 3.79. The summed E-state index contributed by atoms with van der Waals surface area (Å²) >= 11 is 0. The molecule has 0 amide bonds. The van der Waals surface area contributed by atoms with Crippen molar-refractivity contribution in [3.05, 3.63) is 42.1 Å². The lowest BCUT2D eigenvalue weighted by Gasteiger charge is -2.06. The third-order valence-electron chi connectivity index (χ3n) is 2.56. The van der Waals surface area contributed by atoms with Gasteiger partial charge in [-0.15, -0.1) is 0 Å². The molecule has 0 aliphatic carbocycles. The molecule has 0 spiro atoms. The lowest BCUT2D eigenvalue weighted by atomic mass is 10.3. The Morgan fingerprint density at radius 1 is 1.17 bits per heavy atom. The van der Waals surface area contributed by atoms with Gasteiger partial charge in [-0.05, 0) is 18.2 Å². The highest BCUT2D eigenvalue weighted by Crippen LogP contribution is 2.36. The van der Waals surface area contributed by atoms with Crippen LogP contribution in [-0.4, -0.2) is 11.8 Å². The van der Waals surface area contributed by atoms with Crippen molar-refractivity contribution in [1.29, 1.82) is 0 Å². The van der Waals surface area contributed by atoms with Gasteiger partial charge in [-0.1, -0.05) is 6.07 Å². The van der Waals surface area contributed by atoms with Crippen molar-refractivity contribution < 1.29 is 14.2 Å². The van der Waals surface area contributed by atoms with E-state index in [9.17, 15) is 0 Å². The molecule has 0 unspecified atom stereocenters. The molecule has 0 saturated carbocycles. The SMILES string of the molecule is NCc1cccc(Oc2ccc3c(c2)OCO3)n1. The second kappa shape index (κ2) is 4.54. The highest BCUT2D eigenvalue weighted by molar-refractivity contribution is 5.47. The van der Waals surface area contributed by atoms with Crippen LogP contribution in [0.3, 0.4) is 0 Å². The molecule has 0 saturated heterocycles. The van der Waals surface area contributed by atoms with E-state index in [-0.39, 0.29) is 6.79 Å². The summed E-state index contributed by atoms with van der Waals surface area (Å²) < 4.78 is 16.2. The zero-order valence-electron chi connectivity index (χ0n) is 9.63. The van der Waals surface area contributed by atoms with E-state index < -0.39 is 0 Å². The zero-order chi connectivity index (χ0) is 12.4. The number of ether oxygens (including phenoxy) is 3. The summed E-state index contributed by atoms with van der Waals surface area (Å²) in [5, 5.41) is 0. The number of hydrogen-bond donors (Lipinski definition) is 1. The van der Waals surface area contributed by atoms with Gasteiger partial charge < -0.3 is 19.9 Å². The maximum absolute atomic E-state index is 5.64. The van der Waals surface area contributed by atoms with Gasteiger partial charge in [-0.2, -0.15) is 0 Å². The van der Waals surface area contributed by atoms with Gasteiger partial charge in [0.25, 0.3) is 0 Å². The van der Waals surface area contributed by atoms with Crippen LogP contribution < -0.4 is 19.9 Å². The van der Waals surface area contributed by atoms with Crippen LogP contribution in [0.15, 0.2) is 36.4 Å². The fourth-order valence-electron chi connectivity index (χ4n) is 1.69. The number of benzene rings is 1. The third-order valence-corrected chi connectivity index (χ3v) is 2.56. The van der Waals surface area contributed by atoms with Gasteiger partial charge >= 0.3 is 0 Å². The summed E-state index contributed by atoms with van der Waals surface area (Å²) in [6.07, 6.45) is 0. The van der Waals surface area contributed by atoms with Gasteiger partial charge in [0.1, 0.15) is 5.75 Å². The molecule has 2 heterocycles. The second-order valence-corrected chi connectivity index (χ2v) is 3.79. The molecule has 5 heteroatoms. The highest BCUT2D eigenvalue weighted by Gasteiger charge is 2.14. The van der Waals surface area contributed by atoms with Crippen LogP contribution in [0.25, 0.3) is 0 Å². The monoisotopic (exact) mass is 244 g/mol. The maximum Gasteiger partial charge on any atom is 0.231 e. The quantitative estimate of drug-likeness (QED) is 0.895. The fraction of sp³-hybridized carbons (Fsp3) is 0.154. The molecule has 0 fully saturated rings. The van der Waals surface area contributed by atoms with Gasteiger partial charge in [0.15, 0.2) is 11.5 Å². The minimum absolute atomic E-state index is 0.250. The molecule has 1 aliphatic heterocycles. The molecule has 2 N–H and O–H groups in total.